The van der Waals surface area contributed by atoms with Crippen LogP contribution in [0.25, 0.3) is 0 Å². The lowest BCUT2D eigenvalue weighted by molar-refractivity contribution is 0.210. The number of carbonyl (C=O) groups is 1. The second-order valence-corrected chi connectivity index (χ2v) is 14.5. The fourth-order valence-electron chi connectivity index (χ4n) is 4.68. The Balaban J connectivity index is 1.93. The molecule has 2 amide bonds. The van der Waals surface area contributed by atoms with Crippen LogP contribution in [-0.4, -0.2) is 30.7 Å². The first-order valence-electron chi connectivity index (χ1n) is 13.1. The molecule has 4 N–H and O–H groups in total. The number of phenols is 1. The molecular formula is C27H45N5O4S2. The van der Waals surface area contributed by atoms with Gasteiger partial charge in [0.1, 0.15) is 5.75 Å². The van der Waals surface area contributed by atoms with Gasteiger partial charge in [-0.15, -0.1) is 4.37 Å². The maximum atomic E-state index is 12.8. The molecule has 2 aromatic rings. The van der Waals surface area contributed by atoms with E-state index in [2.05, 4.69) is 80.9 Å². The van der Waals surface area contributed by atoms with Crippen LogP contribution in [0.4, 0.5) is 9.93 Å². The minimum Gasteiger partial charge on any atom is -0.508 e. The highest BCUT2D eigenvalue weighted by atomic mass is 32.2. The van der Waals surface area contributed by atoms with Crippen molar-refractivity contribution in [1.29, 1.82) is 0 Å². The van der Waals surface area contributed by atoms with Crippen LogP contribution < -0.4 is 20.4 Å². The molecule has 0 saturated heterocycles. The van der Waals surface area contributed by atoms with Crippen molar-refractivity contribution in [2.24, 2.45) is 22.7 Å². The maximum Gasteiger partial charge on any atom is 0.344 e. The summed E-state index contributed by atoms with van der Waals surface area (Å²) in [6.07, 6.45) is 4.08. The van der Waals surface area contributed by atoms with Crippen LogP contribution in [0, 0.1) is 29.6 Å². The zero-order valence-corrected chi connectivity index (χ0v) is 25.8. The molecule has 0 aliphatic carbocycles. The number of hydrogen-bond donors (Lipinski definition) is 4. The van der Waals surface area contributed by atoms with E-state index in [4.69, 9.17) is 4.18 Å². The summed E-state index contributed by atoms with van der Waals surface area (Å²) in [5.74, 6) is 0.989. The molecule has 11 heteroatoms. The third kappa shape index (κ3) is 11.6. The van der Waals surface area contributed by atoms with Gasteiger partial charge in [-0.05, 0) is 79.0 Å². The average molecular weight is 568 g/mol. The number of hydrogen-bond acceptors (Lipinski definition) is 8. The number of urea groups is 1. The van der Waals surface area contributed by atoms with Crippen LogP contribution >= 0.6 is 11.5 Å². The molecule has 4 atom stereocenters. The number of phenolic OH excluding ortho intramolecular Hbond substituents is 1. The zero-order valence-electron chi connectivity index (χ0n) is 24.2. The molecule has 214 valence electrons. The highest BCUT2D eigenvalue weighted by Crippen LogP contribution is 2.31. The summed E-state index contributed by atoms with van der Waals surface area (Å²) < 4.78 is 21.8. The molecule has 0 saturated carbocycles. The normalized spacial score (nSPS) is 15.3. The average Bonchev–Trinajstić information content (AvgIpc) is 3.21. The van der Waals surface area contributed by atoms with Crippen molar-refractivity contribution in [1.82, 2.24) is 20.1 Å². The Kier molecular flexibility index (Phi) is 11.4. The van der Waals surface area contributed by atoms with Gasteiger partial charge in [0.15, 0.2) is 0 Å². The summed E-state index contributed by atoms with van der Waals surface area (Å²) in [6.45, 7) is 19.6. The van der Waals surface area contributed by atoms with E-state index in [1.807, 2.05) is 0 Å². The first-order valence-corrected chi connectivity index (χ1v) is 14.9. The van der Waals surface area contributed by atoms with E-state index >= 15 is 0 Å². The smallest absolute Gasteiger partial charge is 0.344 e. The molecule has 0 aliphatic rings. The van der Waals surface area contributed by atoms with Crippen molar-refractivity contribution in [2.45, 2.75) is 98.9 Å². The van der Waals surface area contributed by atoms with E-state index in [1.165, 1.54) is 12.1 Å². The van der Waals surface area contributed by atoms with Crippen molar-refractivity contribution in [3.63, 3.8) is 0 Å². The lowest BCUT2D eigenvalue weighted by Crippen LogP contribution is -2.47. The van der Waals surface area contributed by atoms with Crippen molar-refractivity contribution >= 4 is 33.8 Å². The molecule has 0 radical (unpaired) electrons. The molecule has 1 heterocycles. The van der Waals surface area contributed by atoms with Gasteiger partial charge in [-0.2, -0.15) is 4.98 Å². The van der Waals surface area contributed by atoms with E-state index in [9.17, 15) is 14.1 Å². The van der Waals surface area contributed by atoms with E-state index < -0.39 is 11.1 Å². The fourth-order valence-corrected chi connectivity index (χ4v) is 5.94. The lowest BCUT2D eigenvalue weighted by atomic mass is 9.79. The number of carbonyl (C=O) groups excluding carboxylic acids is 1. The SMILES string of the molecule is Cc1cc(S(=O)Oc2nsc(NNC(=O)NC(CCC(C)CC(C)(C)C)C(C)CC(C)(C)C)n2)ccc1O. The van der Waals surface area contributed by atoms with Gasteiger partial charge in [0.2, 0.25) is 16.2 Å². The van der Waals surface area contributed by atoms with Gasteiger partial charge >= 0.3 is 12.0 Å². The van der Waals surface area contributed by atoms with Crippen LogP contribution in [0.15, 0.2) is 23.1 Å². The van der Waals surface area contributed by atoms with Gasteiger partial charge < -0.3 is 14.6 Å². The van der Waals surface area contributed by atoms with E-state index in [1.54, 1.807) is 13.0 Å². The Morgan fingerprint density at radius 1 is 1.11 bits per heavy atom. The summed E-state index contributed by atoms with van der Waals surface area (Å²) in [4.78, 5) is 17.3. The number of aromatic nitrogens is 2. The molecule has 1 aromatic heterocycles. The quantitative estimate of drug-likeness (QED) is 0.214. The third-order valence-electron chi connectivity index (χ3n) is 6.07. The number of hydrazine groups is 1. The van der Waals surface area contributed by atoms with Crippen LogP contribution in [-0.2, 0) is 11.1 Å². The van der Waals surface area contributed by atoms with Gasteiger partial charge in [-0.25, -0.2) is 14.4 Å². The largest absolute Gasteiger partial charge is 0.508 e. The molecule has 0 fully saturated rings. The zero-order chi connectivity index (χ0) is 28.7. The van der Waals surface area contributed by atoms with E-state index in [0.717, 1.165) is 37.2 Å². The van der Waals surface area contributed by atoms with Crippen molar-refractivity contribution in [3.8, 4) is 11.8 Å². The third-order valence-corrected chi connectivity index (χ3v) is 7.62. The number of nitrogens with zero attached hydrogens (tertiary/aromatic N) is 2. The molecule has 38 heavy (non-hydrogen) atoms. The molecule has 0 spiro atoms. The molecule has 0 bridgehead atoms. The van der Waals surface area contributed by atoms with Crippen molar-refractivity contribution < 1.29 is 18.3 Å². The maximum absolute atomic E-state index is 12.8. The summed E-state index contributed by atoms with van der Waals surface area (Å²) in [5, 5.41) is 13.1. The summed E-state index contributed by atoms with van der Waals surface area (Å²) in [7, 11) is 0. The first-order chi connectivity index (χ1) is 17.5. The van der Waals surface area contributed by atoms with Crippen LogP contribution in [0.3, 0.4) is 0 Å². The number of rotatable bonds is 12. The number of amides is 2. The highest BCUT2D eigenvalue weighted by molar-refractivity contribution is 7.80. The standard InChI is InChI=1S/C27H45N5O4S2/c1-17(15-26(4,5)6)10-12-21(19(3)16-27(7,8)9)28-23(34)30-31-25-29-24(32-37-25)36-38(35)20-11-13-22(33)18(2)14-20/h11,13-14,17,19,21,33H,10,12,15-16H2,1-9H3,(H2,28,30,34)(H,29,31,32). The Labute approximate surface area is 234 Å². The summed E-state index contributed by atoms with van der Waals surface area (Å²) >= 11 is -0.871. The van der Waals surface area contributed by atoms with Gasteiger partial charge in [-0.3, -0.25) is 5.43 Å². The van der Waals surface area contributed by atoms with Crippen molar-refractivity contribution in [2.75, 3.05) is 5.43 Å². The van der Waals surface area contributed by atoms with Gasteiger partial charge in [0.25, 0.3) is 0 Å². The second kappa shape index (κ2) is 13.6. The topological polar surface area (TPSA) is 125 Å². The Hall–Kier alpha value is -2.40. The summed E-state index contributed by atoms with van der Waals surface area (Å²) in [5.41, 5.74) is 6.41. The van der Waals surface area contributed by atoms with Crippen LogP contribution in [0.2, 0.25) is 0 Å². The van der Waals surface area contributed by atoms with E-state index in [0.29, 0.717) is 27.4 Å². The fraction of sp³-hybridized carbons (Fsp3) is 0.667. The predicted octanol–water partition coefficient (Wildman–Crippen LogP) is 6.57. The Morgan fingerprint density at radius 3 is 2.37 bits per heavy atom. The van der Waals surface area contributed by atoms with Gasteiger partial charge in [0.05, 0.1) is 4.90 Å². The first kappa shape index (κ1) is 31.8. The number of aryl methyl sites for hydroxylation is 1. The lowest BCUT2D eigenvalue weighted by Gasteiger charge is -2.32. The number of aromatic hydroxyl groups is 1. The van der Waals surface area contributed by atoms with Crippen LogP contribution in [0.5, 0.6) is 11.8 Å². The minimum atomic E-state index is -1.84. The van der Waals surface area contributed by atoms with Gasteiger partial charge in [-0.1, -0.05) is 55.4 Å². The summed E-state index contributed by atoms with van der Waals surface area (Å²) in [6, 6.07) is 4.15. The number of benzene rings is 1. The molecule has 9 nitrogen and oxygen atoms in total. The number of anilines is 1. The monoisotopic (exact) mass is 567 g/mol. The highest BCUT2D eigenvalue weighted by Gasteiger charge is 2.26. The molecule has 2 rings (SSSR count). The van der Waals surface area contributed by atoms with Crippen LogP contribution in [0.1, 0.15) is 86.6 Å². The Morgan fingerprint density at radius 2 is 1.76 bits per heavy atom. The second-order valence-electron chi connectivity index (χ2n) is 12.7. The molecule has 1 aromatic carbocycles. The molecular weight excluding hydrogens is 522 g/mol. The van der Waals surface area contributed by atoms with E-state index in [-0.39, 0.29) is 34.7 Å². The van der Waals surface area contributed by atoms with Crippen molar-refractivity contribution in [3.05, 3.63) is 23.8 Å². The number of nitrogens with one attached hydrogen (secondary N) is 3. The predicted molar refractivity (Wildman–Crippen MR) is 155 cm³/mol. The minimum absolute atomic E-state index is 0.0305. The van der Waals surface area contributed by atoms with Gasteiger partial charge in [0, 0.05) is 17.6 Å². The Bertz CT molecular complexity index is 1080. The molecule has 0 aliphatic heterocycles. The molecule has 4 unspecified atom stereocenters.